The molecule has 0 aliphatic carbocycles. The zero-order valence-electron chi connectivity index (χ0n) is 6.24. The van der Waals surface area contributed by atoms with Crippen LogP contribution < -0.4 is 0 Å². The quantitative estimate of drug-likeness (QED) is 0.484. The summed E-state index contributed by atoms with van der Waals surface area (Å²) in [5.74, 6) is 1.22. The van der Waals surface area contributed by atoms with Crippen molar-refractivity contribution in [1.29, 1.82) is 0 Å². The molecule has 0 saturated carbocycles. The Hall–Kier alpha value is -0.460. The van der Waals surface area contributed by atoms with E-state index >= 15 is 0 Å². The molecule has 1 rings (SSSR count). The van der Waals surface area contributed by atoms with E-state index in [0.29, 0.717) is 0 Å². The van der Waals surface area contributed by atoms with Crippen molar-refractivity contribution < 1.29 is 4.74 Å². The van der Waals surface area contributed by atoms with E-state index in [0.717, 1.165) is 13.0 Å². The first kappa shape index (κ1) is 6.66. The molecule has 0 radical (unpaired) electrons. The van der Waals surface area contributed by atoms with Crippen LogP contribution in [-0.2, 0) is 4.74 Å². The second-order valence-electron chi connectivity index (χ2n) is 2.73. The van der Waals surface area contributed by atoms with Crippen molar-refractivity contribution in [2.75, 3.05) is 6.61 Å². The highest BCUT2D eigenvalue weighted by Gasteiger charge is 2.05. The molecule has 1 heterocycles. The Labute approximate surface area is 56.7 Å². The maximum absolute atomic E-state index is 5.42. The lowest BCUT2D eigenvalue weighted by Gasteiger charge is -2.16. The SMILES string of the molecule is CC(C)=C1CCCCO1. The molecule has 0 aromatic carbocycles. The normalized spacial score (nSPS) is 19.1. The Morgan fingerprint density at radius 3 is 2.44 bits per heavy atom. The molecule has 1 fully saturated rings. The molecule has 0 amide bonds. The number of hydrogen-bond acceptors (Lipinski definition) is 1. The maximum atomic E-state index is 5.42. The topological polar surface area (TPSA) is 9.23 Å². The summed E-state index contributed by atoms with van der Waals surface area (Å²) in [4.78, 5) is 0. The molecule has 1 heteroatoms. The molecule has 52 valence electrons. The van der Waals surface area contributed by atoms with Gasteiger partial charge in [-0.25, -0.2) is 0 Å². The standard InChI is InChI=1S/C8H14O/c1-7(2)8-5-3-4-6-9-8/h3-6H2,1-2H3. The first-order valence-corrected chi connectivity index (χ1v) is 3.60. The number of ether oxygens (including phenoxy) is 1. The van der Waals surface area contributed by atoms with Crippen LogP contribution in [0.4, 0.5) is 0 Å². The van der Waals surface area contributed by atoms with Crippen LogP contribution in [0, 0.1) is 0 Å². The molecule has 1 aliphatic heterocycles. The molecule has 1 aliphatic rings. The van der Waals surface area contributed by atoms with Crippen LogP contribution in [-0.4, -0.2) is 6.61 Å². The zero-order chi connectivity index (χ0) is 6.69. The molecular formula is C8H14O. The van der Waals surface area contributed by atoms with Gasteiger partial charge < -0.3 is 4.74 Å². The summed E-state index contributed by atoms with van der Waals surface area (Å²) in [7, 11) is 0. The largest absolute Gasteiger partial charge is 0.498 e. The van der Waals surface area contributed by atoms with Crippen molar-refractivity contribution in [3.05, 3.63) is 11.3 Å². The van der Waals surface area contributed by atoms with Gasteiger partial charge in [-0.1, -0.05) is 0 Å². The first-order valence-electron chi connectivity index (χ1n) is 3.60. The summed E-state index contributed by atoms with van der Waals surface area (Å²) in [5, 5.41) is 0. The van der Waals surface area contributed by atoms with E-state index in [1.54, 1.807) is 0 Å². The lowest BCUT2D eigenvalue weighted by Crippen LogP contribution is -2.03. The Bertz CT molecular complexity index is 113. The molecule has 0 aromatic heterocycles. The summed E-state index contributed by atoms with van der Waals surface area (Å²) >= 11 is 0. The third-order valence-electron chi connectivity index (χ3n) is 1.63. The van der Waals surface area contributed by atoms with Gasteiger partial charge in [0.25, 0.3) is 0 Å². The fourth-order valence-corrected chi connectivity index (χ4v) is 1.05. The van der Waals surface area contributed by atoms with Crippen LogP contribution in [0.2, 0.25) is 0 Å². The molecule has 9 heavy (non-hydrogen) atoms. The fourth-order valence-electron chi connectivity index (χ4n) is 1.05. The smallest absolute Gasteiger partial charge is 0.0946 e. The Morgan fingerprint density at radius 2 is 2.11 bits per heavy atom. The Morgan fingerprint density at radius 1 is 1.33 bits per heavy atom. The molecule has 1 saturated heterocycles. The van der Waals surface area contributed by atoms with Gasteiger partial charge in [0.15, 0.2) is 0 Å². The van der Waals surface area contributed by atoms with Crippen molar-refractivity contribution in [3.63, 3.8) is 0 Å². The number of hydrogen-bond donors (Lipinski definition) is 0. The molecule has 1 nitrogen and oxygen atoms in total. The van der Waals surface area contributed by atoms with Crippen molar-refractivity contribution in [2.45, 2.75) is 33.1 Å². The van der Waals surface area contributed by atoms with Crippen LogP contribution in [0.5, 0.6) is 0 Å². The molecule has 0 N–H and O–H groups in total. The van der Waals surface area contributed by atoms with E-state index in [9.17, 15) is 0 Å². The van der Waals surface area contributed by atoms with E-state index in [-0.39, 0.29) is 0 Å². The summed E-state index contributed by atoms with van der Waals surface area (Å²) < 4.78 is 5.42. The van der Waals surface area contributed by atoms with E-state index in [4.69, 9.17) is 4.74 Å². The maximum Gasteiger partial charge on any atom is 0.0946 e. The minimum absolute atomic E-state index is 0.931. The van der Waals surface area contributed by atoms with Crippen molar-refractivity contribution >= 4 is 0 Å². The number of allylic oxidation sites excluding steroid dienone is 2. The highest BCUT2D eigenvalue weighted by molar-refractivity contribution is 5.03. The van der Waals surface area contributed by atoms with Crippen LogP contribution in [0.3, 0.4) is 0 Å². The van der Waals surface area contributed by atoms with Crippen molar-refractivity contribution in [3.8, 4) is 0 Å². The average Bonchev–Trinajstić information content (AvgIpc) is 1.90. The van der Waals surface area contributed by atoms with Gasteiger partial charge in [0.05, 0.1) is 12.4 Å². The van der Waals surface area contributed by atoms with Crippen LogP contribution in [0.15, 0.2) is 11.3 Å². The van der Waals surface area contributed by atoms with Gasteiger partial charge in [0, 0.05) is 6.42 Å². The predicted octanol–water partition coefficient (Wildman–Crippen LogP) is 2.48. The van der Waals surface area contributed by atoms with Gasteiger partial charge in [0.1, 0.15) is 0 Å². The summed E-state index contributed by atoms with van der Waals surface area (Å²) in [6.45, 7) is 5.15. The fraction of sp³-hybridized carbons (Fsp3) is 0.750. The predicted molar refractivity (Wildman–Crippen MR) is 38.2 cm³/mol. The zero-order valence-corrected chi connectivity index (χ0v) is 6.24. The van der Waals surface area contributed by atoms with Gasteiger partial charge in [-0.15, -0.1) is 0 Å². The molecule has 0 spiro atoms. The van der Waals surface area contributed by atoms with Gasteiger partial charge in [-0.2, -0.15) is 0 Å². The van der Waals surface area contributed by atoms with E-state index in [2.05, 4.69) is 13.8 Å². The number of rotatable bonds is 0. The summed E-state index contributed by atoms with van der Waals surface area (Å²) in [6.07, 6.45) is 3.69. The lowest BCUT2D eigenvalue weighted by atomic mass is 10.1. The Kier molecular flexibility index (Phi) is 2.15. The van der Waals surface area contributed by atoms with Crippen LogP contribution in [0.25, 0.3) is 0 Å². The van der Waals surface area contributed by atoms with E-state index in [1.165, 1.54) is 24.2 Å². The van der Waals surface area contributed by atoms with Crippen molar-refractivity contribution in [1.82, 2.24) is 0 Å². The molecule has 0 unspecified atom stereocenters. The monoisotopic (exact) mass is 126 g/mol. The third-order valence-corrected chi connectivity index (χ3v) is 1.63. The van der Waals surface area contributed by atoms with Gasteiger partial charge in [-0.3, -0.25) is 0 Å². The van der Waals surface area contributed by atoms with Gasteiger partial charge in [0.2, 0.25) is 0 Å². The molecule has 0 bridgehead atoms. The third kappa shape index (κ3) is 1.74. The summed E-state index contributed by atoms with van der Waals surface area (Å²) in [5.41, 5.74) is 1.34. The summed E-state index contributed by atoms with van der Waals surface area (Å²) in [6, 6.07) is 0. The molecule has 0 atom stereocenters. The second kappa shape index (κ2) is 2.90. The first-order chi connectivity index (χ1) is 4.30. The second-order valence-corrected chi connectivity index (χ2v) is 2.73. The van der Waals surface area contributed by atoms with Crippen molar-refractivity contribution in [2.24, 2.45) is 0 Å². The van der Waals surface area contributed by atoms with Gasteiger partial charge in [-0.05, 0) is 32.3 Å². The minimum Gasteiger partial charge on any atom is -0.498 e. The molecule has 0 aromatic rings. The average molecular weight is 126 g/mol. The van der Waals surface area contributed by atoms with E-state index in [1.807, 2.05) is 0 Å². The highest BCUT2D eigenvalue weighted by atomic mass is 16.5. The minimum atomic E-state index is 0.931. The Balaban J connectivity index is 2.49. The highest BCUT2D eigenvalue weighted by Crippen LogP contribution is 2.18. The van der Waals surface area contributed by atoms with Crippen LogP contribution >= 0.6 is 0 Å². The van der Waals surface area contributed by atoms with Crippen LogP contribution in [0.1, 0.15) is 33.1 Å². The van der Waals surface area contributed by atoms with Gasteiger partial charge >= 0.3 is 0 Å². The lowest BCUT2D eigenvalue weighted by molar-refractivity contribution is 0.163. The molecular weight excluding hydrogens is 112 g/mol. The van der Waals surface area contributed by atoms with E-state index < -0.39 is 0 Å².